The molecule has 2 aliphatic carbocycles. The van der Waals surface area contributed by atoms with Crippen molar-refractivity contribution in [3.05, 3.63) is 23.2 Å². The number of nitrogens with zero attached hydrogens (tertiary/aromatic N) is 1. The predicted octanol–water partition coefficient (Wildman–Crippen LogP) is 3.63. The summed E-state index contributed by atoms with van der Waals surface area (Å²) in [6, 6.07) is 4.99. The van der Waals surface area contributed by atoms with Gasteiger partial charge in [0.15, 0.2) is 0 Å². The highest BCUT2D eigenvalue weighted by atomic mass is 79.9. The van der Waals surface area contributed by atoms with E-state index in [-0.39, 0.29) is 45.1 Å². The molecule has 1 saturated heterocycles. The molecule has 1 aromatic rings. The number of halogens is 3. The highest BCUT2D eigenvalue weighted by Gasteiger charge is 2.66. The van der Waals surface area contributed by atoms with Gasteiger partial charge in [0.1, 0.15) is 5.75 Å². The summed E-state index contributed by atoms with van der Waals surface area (Å²) in [6.45, 7) is 0. The SMILES string of the molecule is COc1ccc(Cl)cc1N1C(=O)[C@@H]2[C@@H]3C[C@@H]([C@@H](Br)[C@@H]3Br)[C@@H]2C1=O. The summed E-state index contributed by atoms with van der Waals surface area (Å²) in [5, 5.41) is 0.471. The highest BCUT2D eigenvalue weighted by molar-refractivity contribution is 9.12. The third-order valence-electron chi connectivity index (χ3n) is 5.37. The van der Waals surface area contributed by atoms with Crippen LogP contribution in [-0.4, -0.2) is 28.6 Å². The number of carbonyl (C=O) groups excluding carboxylic acids is 2. The zero-order chi connectivity index (χ0) is 16.5. The molecule has 2 bridgehead atoms. The van der Waals surface area contributed by atoms with Gasteiger partial charge in [-0.2, -0.15) is 0 Å². The minimum Gasteiger partial charge on any atom is -0.495 e. The van der Waals surface area contributed by atoms with Crippen molar-refractivity contribution in [3.63, 3.8) is 0 Å². The number of ether oxygens (including phenoxy) is 1. The first-order chi connectivity index (χ1) is 11.0. The Kier molecular flexibility index (Phi) is 3.78. The maximum Gasteiger partial charge on any atom is 0.238 e. The van der Waals surface area contributed by atoms with Crippen molar-refractivity contribution in [2.45, 2.75) is 16.1 Å². The Hall–Kier alpha value is -0.590. The van der Waals surface area contributed by atoms with E-state index in [0.29, 0.717) is 16.5 Å². The zero-order valence-electron chi connectivity index (χ0n) is 12.2. The number of benzene rings is 1. The van der Waals surface area contributed by atoms with Crippen LogP contribution in [0.5, 0.6) is 5.75 Å². The average Bonchev–Trinajstić information content (AvgIpc) is 3.12. The molecule has 3 fully saturated rings. The summed E-state index contributed by atoms with van der Waals surface area (Å²) in [4.78, 5) is 27.7. The second-order valence-electron chi connectivity index (χ2n) is 6.33. The topological polar surface area (TPSA) is 46.6 Å². The molecule has 0 unspecified atom stereocenters. The van der Waals surface area contributed by atoms with Crippen LogP contribution in [-0.2, 0) is 9.59 Å². The van der Waals surface area contributed by atoms with Gasteiger partial charge in [-0.1, -0.05) is 43.5 Å². The van der Waals surface area contributed by atoms with Gasteiger partial charge < -0.3 is 4.74 Å². The molecule has 4 rings (SSSR count). The van der Waals surface area contributed by atoms with Gasteiger partial charge in [0.2, 0.25) is 11.8 Å². The van der Waals surface area contributed by atoms with E-state index in [2.05, 4.69) is 31.9 Å². The smallest absolute Gasteiger partial charge is 0.238 e. The van der Waals surface area contributed by atoms with E-state index in [1.807, 2.05) is 0 Å². The fourth-order valence-electron chi connectivity index (χ4n) is 4.42. The van der Waals surface area contributed by atoms with Gasteiger partial charge >= 0.3 is 0 Å². The summed E-state index contributed by atoms with van der Waals surface area (Å²) in [7, 11) is 1.52. The molecule has 2 amide bonds. The summed E-state index contributed by atoms with van der Waals surface area (Å²) in [6.07, 6.45) is 0.916. The van der Waals surface area contributed by atoms with Crippen LogP contribution in [0.2, 0.25) is 5.02 Å². The summed E-state index contributed by atoms with van der Waals surface area (Å²) in [5.41, 5.74) is 0.445. The van der Waals surface area contributed by atoms with E-state index in [4.69, 9.17) is 16.3 Å². The largest absolute Gasteiger partial charge is 0.495 e. The summed E-state index contributed by atoms with van der Waals surface area (Å²) in [5.74, 6) is 0.133. The molecule has 0 aromatic heterocycles. The molecule has 122 valence electrons. The standard InChI is InChI=1S/C16H14Br2ClNO3/c1-23-10-3-2-6(19)4-9(10)20-15(21)11-7-5-8(12(11)16(20)22)14(18)13(7)17/h2-4,7-8,11-14H,5H2,1H3/t7-,8+,11+,12-,13-,14-/m1/s1. The van der Waals surface area contributed by atoms with Gasteiger partial charge in [0, 0.05) is 14.7 Å². The van der Waals surface area contributed by atoms with Gasteiger partial charge in [0.25, 0.3) is 0 Å². The predicted molar refractivity (Wildman–Crippen MR) is 94.5 cm³/mol. The number of carbonyl (C=O) groups is 2. The molecule has 1 heterocycles. The first-order valence-electron chi connectivity index (χ1n) is 7.45. The van der Waals surface area contributed by atoms with Crippen LogP contribution in [0.15, 0.2) is 18.2 Å². The van der Waals surface area contributed by atoms with Gasteiger partial charge in [-0.3, -0.25) is 9.59 Å². The average molecular weight is 464 g/mol. The summed E-state index contributed by atoms with van der Waals surface area (Å²) >= 11 is 13.4. The van der Waals surface area contributed by atoms with Crippen molar-refractivity contribution >= 4 is 61.0 Å². The van der Waals surface area contributed by atoms with Crippen LogP contribution in [0.1, 0.15) is 6.42 Å². The monoisotopic (exact) mass is 461 g/mol. The fraction of sp³-hybridized carbons (Fsp3) is 0.500. The highest BCUT2D eigenvalue weighted by Crippen LogP contribution is 2.60. The van der Waals surface area contributed by atoms with Crippen LogP contribution < -0.4 is 9.64 Å². The Morgan fingerprint density at radius 3 is 2.22 bits per heavy atom. The third kappa shape index (κ3) is 2.07. The number of anilines is 1. The molecule has 1 aliphatic heterocycles. The molecule has 0 radical (unpaired) electrons. The minimum atomic E-state index is -0.241. The molecule has 0 N–H and O–H groups in total. The van der Waals surface area contributed by atoms with Gasteiger partial charge in [-0.25, -0.2) is 4.90 Å². The maximum atomic E-state index is 13.0. The first kappa shape index (κ1) is 15.9. The zero-order valence-corrected chi connectivity index (χ0v) is 16.1. The van der Waals surface area contributed by atoms with Crippen molar-refractivity contribution in [1.29, 1.82) is 0 Å². The minimum absolute atomic E-state index is 0.128. The lowest BCUT2D eigenvalue weighted by Gasteiger charge is -2.28. The van der Waals surface area contributed by atoms with Crippen molar-refractivity contribution in [2.24, 2.45) is 23.7 Å². The van der Waals surface area contributed by atoms with E-state index >= 15 is 0 Å². The van der Waals surface area contributed by atoms with E-state index in [9.17, 15) is 9.59 Å². The number of alkyl halides is 2. The Labute approximate surface area is 155 Å². The van der Waals surface area contributed by atoms with Crippen molar-refractivity contribution < 1.29 is 14.3 Å². The van der Waals surface area contributed by atoms with E-state index in [0.717, 1.165) is 6.42 Å². The quantitative estimate of drug-likeness (QED) is 0.497. The van der Waals surface area contributed by atoms with Crippen molar-refractivity contribution in [1.82, 2.24) is 0 Å². The van der Waals surface area contributed by atoms with E-state index < -0.39 is 0 Å². The molecule has 23 heavy (non-hydrogen) atoms. The molecular formula is C16H14Br2ClNO3. The van der Waals surface area contributed by atoms with Crippen LogP contribution in [0.3, 0.4) is 0 Å². The Morgan fingerprint density at radius 1 is 1.13 bits per heavy atom. The lowest BCUT2D eigenvalue weighted by molar-refractivity contribution is -0.123. The molecule has 0 spiro atoms. The summed E-state index contributed by atoms with van der Waals surface area (Å²) < 4.78 is 5.32. The number of rotatable bonds is 2. The molecule has 6 atom stereocenters. The van der Waals surface area contributed by atoms with Crippen LogP contribution in [0, 0.1) is 23.7 Å². The van der Waals surface area contributed by atoms with E-state index in [1.165, 1.54) is 12.0 Å². The lowest BCUT2D eigenvalue weighted by Crippen LogP contribution is -2.37. The number of fused-ring (bicyclic) bond motifs is 5. The number of amides is 2. The number of hydrogen-bond acceptors (Lipinski definition) is 3. The second-order valence-corrected chi connectivity index (χ2v) is 8.88. The number of hydrogen-bond donors (Lipinski definition) is 0. The number of methoxy groups -OCH3 is 1. The molecule has 2 saturated carbocycles. The Bertz CT molecular complexity index is 681. The van der Waals surface area contributed by atoms with Crippen LogP contribution >= 0.6 is 43.5 Å². The molecule has 1 aromatic carbocycles. The van der Waals surface area contributed by atoms with Crippen LogP contribution in [0.25, 0.3) is 0 Å². The molecule has 3 aliphatic rings. The van der Waals surface area contributed by atoms with Crippen molar-refractivity contribution in [3.8, 4) is 5.75 Å². The van der Waals surface area contributed by atoms with Gasteiger partial charge in [0.05, 0.1) is 24.6 Å². The van der Waals surface area contributed by atoms with Gasteiger partial charge in [-0.15, -0.1) is 0 Å². The maximum absolute atomic E-state index is 13.0. The Balaban J connectivity index is 1.78. The second kappa shape index (κ2) is 5.46. The molecule has 4 nitrogen and oxygen atoms in total. The normalized spacial score (nSPS) is 38.3. The van der Waals surface area contributed by atoms with Crippen molar-refractivity contribution in [2.75, 3.05) is 12.0 Å². The number of imide groups is 1. The molecular weight excluding hydrogens is 449 g/mol. The Morgan fingerprint density at radius 2 is 1.70 bits per heavy atom. The van der Waals surface area contributed by atoms with E-state index in [1.54, 1.807) is 18.2 Å². The first-order valence-corrected chi connectivity index (χ1v) is 9.66. The van der Waals surface area contributed by atoms with Gasteiger partial charge in [-0.05, 0) is 36.5 Å². The lowest BCUT2D eigenvalue weighted by atomic mass is 9.81. The molecule has 7 heteroatoms. The van der Waals surface area contributed by atoms with Crippen LogP contribution in [0.4, 0.5) is 5.69 Å². The fourth-order valence-corrected chi connectivity index (χ4v) is 6.46. The third-order valence-corrected chi connectivity index (χ3v) is 8.81.